The zero-order chi connectivity index (χ0) is 12.3. The van der Waals surface area contributed by atoms with Gasteiger partial charge in [-0.05, 0) is 18.4 Å². The Labute approximate surface area is 108 Å². The van der Waals surface area contributed by atoms with Gasteiger partial charge in [0.15, 0.2) is 0 Å². The van der Waals surface area contributed by atoms with Gasteiger partial charge in [0.05, 0.1) is 11.3 Å². The topological polar surface area (TPSA) is 44.1 Å². The summed E-state index contributed by atoms with van der Waals surface area (Å²) in [7, 11) is -0.680. The monoisotopic (exact) mass is 266 g/mol. The molecule has 90 valence electrons. The summed E-state index contributed by atoms with van der Waals surface area (Å²) in [6.45, 7) is 1.55. The average molecular weight is 266 g/mol. The first kappa shape index (κ1) is 12.5. The minimum atomic E-state index is -0.680. The van der Waals surface area contributed by atoms with Crippen molar-refractivity contribution < 1.29 is 4.21 Å². The van der Waals surface area contributed by atoms with Crippen LogP contribution in [0.15, 0.2) is 23.1 Å². The number of anilines is 1. The summed E-state index contributed by atoms with van der Waals surface area (Å²) in [5.41, 5.74) is 1.73. The summed E-state index contributed by atoms with van der Waals surface area (Å²) in [4.78, 5) is 3.18. The van der Waals surface area contributed by atoms with Gasteiger partial charge < -0.3 is 4.90 Å². The summed E-state index contributed by atoms with van der Waals surface area (Å²) in [6, 6.07) is 8.21. The fourth-order valence-electron chi connectivity index (χ4n) is 1.94. The lowest BCUT2D eigenvalue weighted by Gasteiger charge is -2.29. The van der Waals surface area contributed by atoms with Gasteiger partial charge in [-0.1, -0.05) is 6.07 Å². The fourth-order valence-corrected chi connectivity index (χ4v) is 3.57. The fraction of sp³-hybridized carbons (Fsp3) is 0.417. The Morgan fingerprint density at radius 2 is 2.12 bits per heavy atom. The lowest BCUT2D eigenvalue weighted by Crippen LogP contribution is -2.38. The first-order valence-corrected chi connectivity index (χ1v) is 8.14. The molecular weight excluding hydrogens is 252 g/mol. The van der Waals surface area contributed by atoms with Crippen LogP contribution in [-0.4, -0.2) is 35.1 Å². The van der Waals surface area contributed by atoms with Crippen molar-refractivity contribution in [1.29, 1.82) is 5.26 Å². The molecule has 1 aliphatic rings. The largest absolute Gasteiger partial charge is 0.369 e. The van der Waals surface area contributed by atoms with E-state index in [1.54, 1.807) is 11.8 Å². The maximum Gasteiger partial charge on any atom is 0.103 e. The predicted octanol–water partition coefficient (Wildman–Crippen LogP) is 1.85. The molecule has 0 atom stereocenters. The summed E-state index contributed by atoms with van der Waals surface area (Å²) >= 11 is 1.59. The van der Waals surface area contributed by atoms with Gasteiger partial charge in [-0.25, -0.2) is 0 Å². The Kier molecular flexibility index (Phi) is 4.08. The van der Waals surface area contributed by atoms with Gasteiger partial charge in [-0.2, -0.15) is 5.26 Å². The van der Waals surface area contributed by atoms with E-state index in [1.165, 1.54) is 0 Å². The molecule has 2 rings (SSSR count). The molecule has 3 nitrogen and oxygen atoms in total. The lowest BCUT2D eigenvalue weighted by atomic mass is 10.1. The summed E-state index contributed by atoms with van der Waals surface area (Å²) in [5.74, 6) is 1.41. The highest BCUT2D eigenvalue weighted by Crippen LogP contribution is 2.29. The van der Waals surface area contributed by atoms with Crippen LogP contribution in [-0.2, 0) is 10.8 Å². The van der Waals surface area contributed by atoms with Crippen LogP contribution < -0.4 is 4.90 Å². The third kappa shape index (κ3) is 2.64. The quantitative estimate of drug-likeness (QED) is 0.766. The van der Waals surface area contributed by atoms with E-state index in [4.69, 9.17) is 0 Å². The average Bonchev–Trinajstić information content (AvgIpc) is 2.38. The van der Waals surface area contributed by atoms with E-state index < -0.39 is 10.8 Å². The number of hydrogen-bond acceptors (Lipinski definition) is 4. The molecule has 0 amide bonds. The predicted molar refractivity (Wildman–Crippen MR) is 73.0 cm³/mol. The molecule has 0 unspecified atom stereocenters. The van der Waals surface area contributed by atoms with E-state index in [0.29, 0.717) is 11.5 Å². The molecule has 0 N–H and O–H groups in total. The van der Waals surface area contributed by atoms with E-state index in [2.05, 4.69) is 11.0 Å². The van der Waals surface area contributed by atoms with Crippen molar-refractivity contribution in [3.8, 4) is 6.07 Å². The third-order valence-electron chi connectivity index (χ3n) is 2.85. The van der Waals surface area contributed by atoms with Crippen LogP contribution in [0.5, 0.6) is 0 Å². The van der Waals surface area contributed by atoms with E-state index in [1.807, 2.05) is 24.5 Å². The normalized spacial score (nSPS) is 16.8. The zero-order valence-electron chi connectivity index (χ0n) is 9.68. The molecule has 1 aromatic carbocycles. The number of thioether (sulfide) groups is 1. The number of nitrogens with zero attached hydrogens (tertiary/aromatic N) is 2. The molecule has 0 radical (unpaired) electrons. The number of benzene rings is 1. The first-order valence-electron chi connectivity index (χ1n) is 5.43. The SMILES string of the molecule is CSc1cccc(N2CCS(=O)CC2)c1C#N. The van der Waals surface area contributed by atoms with Crippen LogP contribution in [0.25, 0.3) is 0 Å². The van der Waals surface area contributed by atoms with Crippen LogP contribution in [0.2, 0.25) is 0 Å². The number of rotatable bonds is 2. The minimum absolute atomic E-state index is 0.680. The van der Waals surface area contributed by atoms with E-state index in [0.717, 1.165) is 29.2 Å². The van der Waals surface area contributed by atoms with Crippen molar-refractivity contribution >= 4 is 28.2 Å². The number of nitriles is 1. The van der Waals surface area contributed by atoms with Crippen molar-refractivity contribution in [2.45, 2.75) is 4.90 Å². The highest BCUT2D eigenvalue weighted by atomic mass is 32.2. The lowest BCUT2D eigenvalue weighted by molar-refractivity contribution is 0.673. The van der Waals surface area contributed by atoms with Gasteiger partial charge in [0, 0.05) is 40.3 Å². The Bertz CT molecular complexity index is 472. The van der Waals surface area contributed by atoms with E-state index in [9.17, 15) is 9.47 Å². The highest BCUT2D eigenvalue weighted by molar-refractivity contribution is 7.98. The van der Waals surface area contributed by atoms with Gasteiger partial charge in [0.2, 0.25) is 0 Å². The smallest absolute Gasteiger partial charge is 0.103 e. The van der Waals surface area contributed by atoms with Crippen molar-refractivity contribution in [2.24, 2.45) is 0 Å². The van der Waals surface area contributed by atoms with Crippen LogP contribution in [0.1, 0.15) is 5.56 Å². The molecule has 0 spiro atoms. The van der Waals surface area contributed by atoms with Gasteiger partial charge in [0.1, 0.15) is 6.07 Å². The highest BCUT2D eigenvalue weighted by Gasteiger charge is 2.19. The van der Waals surface area contributed by atoms with E-state index >= 15 is 0 Å². The molecule has 1 saturated heterocycles. The van der Waals surface area contributed by atoms with Crippen LogP contribution in [0.3, 0.4) is 0 Å². The molecule has 0 bridgehead atoms. The maximum absolute atomic E-state index is 11.3. The molecule has 0 aliphatic carbocycles. The van der Waals surface area contributed by atoms with Gasteiger partial charge in [-0.3, -0.25) is 4.21 Å². The number of hydrogen-bond donors (Lipinski definition) is 0. The molecule has 17 heavy (non-hydrogen) atoms. The summed E-state index contributed by atoms with van der Waals surface area (Å²) < 4.78 is 11.3. The van der Waals surface area contributed by atoms with Crippen LogP contribution >= 0.6 is 11.8 Å². The summed E-state index contributed by atoms with van der Waals surface area (Å²) in [5, 5.41) is 9.26. The molecule has 1 fully saturated rings. The van der Waals surface area contributed by atoms with Crippen molar-refractivity contribution in [3.05, 3.63) is 23.8 Å². The van der Waals surface area contributed by atoms with Crippen LogP contribution in [0.4, 0.5) is 5.69 Å². The minimum Gasteiger partial charge on any atom is -0.369 e. The molecule has 1 aromatic rings. The van der Waals surface area contributed by atoms with E-state index in [-0.39, 0.29) is 0 Å². The maximum atomic E-state index is 11.3. The molecule has 0 aromatic heterocycles. The second-order valence-electron chi connectivity index (χ2n) is 3.80. The first-order chi connectivity index (χ1) is 8.26. The van der Waals surface area contributed by atoms with Gasteiger partial charge in [0.25, 0.3) is 0 Å². The molecule has 1 aliphatic heterocycles. The molecule has 5 heteroatoms. The molecule has 0 saturated carbocycles. The third-order valence-corrected chi connectivity index (χ3v) is 4.91. The Morgan fingerprint density at radius 3 is 2.71 bits per heavy atom. The second kappa shape index (κ2) is 5.56. The van der Waals surface area contributed by atoms with Crippen molar-refractivity contribution in [2.75, 3.05) is 35.8 Å². The van der Waals surface area contributed by atoms with Crippen molar-refractivity contribution in [1.82, 2.24) is 0 Å². The summed E-state index contributed by atoms with van der Waals surface area (Å²) in [6.07, 6.45) is 1.98. The van der Waals surface area contributed by atoms with Crippen molar-refractivity contribution in [3.63, 3.8) is 0 Å². The second-order valence-corrected chi connectivity index (χ2v) is 6.35. The van der Waals surface area contributed by atoms with Gasteiger partial charge >= 0.3 is 0 Å². The standard InChI is InChI=1S/C12H14N2OS2/c1-16-12-4-2-3-11(10(12)9-13)14-5-7-17(15)8-6-14/h2-4H,5-8H2,1H3. The Balaban J connectivity index is 2.32. The Morgan fingerprint density at radius 1 is 1.41 bits per heavy atom. The Hall–Kier alpha value is -0.990. The van der Waals surface area contributed by atoms with Crippen LogP contribution in [0, 0.1) is 11.3 Å². The van der Waals surface area contributed by atoms with Gasteiger partial charge in [-0.15, -0.1) is 11.8 Å². The molecular formula is C12H14N2OS2. The molecule has 1 heterocycles. The zero-order valence-corrected chi connectivity index (χ0v) is 11.3.